The van der Waals surface area contributed by atoms with Crippen LogP contribution < -0.4 is 11.1 Å². The summed E-state index contributed by atoms with van der Waals surface area (Å²) in [7, 11) is 1.38. The molecule has 0 saturated heterocycles. The predicted octanol–water partition coefficient (Wildman–Crippen LogP) is 1.00. The van der Waals surface area contributed by atoms with Crippen molar-refractivity contribution < 1.29 is 14.7 Å². The number of hydrogen-bond donors (Lipinski definition) is 3. The topological polar surface area (TPSA) is 96.9 Å². The number of aliphatic hydroxyl groups excluding tert-OH is 1. The number of carbonyl (C=O) groups is 1. The highest BCUT2D eigenvalue weighted by atomic mass is 35.5. The summed E-state index contributed by atoms with van der Waals surface area (Å²) in [6.07, 6.45) is -1.92. The second-order valence-electron chi connectivity index (χ2n) is 3.10. The average Bonchev–Trinajstić information content (AvgIpc) is 2.35. The van der Waals surface area contributed by atoms with Crippen molar-refractivity contribution in [3.05, 3.63) is 34.9 Å². The van der Waals surface area contributed by atoms with Gasteiger partial charge in [-0.15, -0.1) is 0 Å². The number of nitrogens with zero attached hydrogens (tertiary/aromatic N) is 1. The third kappa shape index (κ3) is 3.93. The van der Waals surface area contributed by atoms with Crippen LogP contribution in [0.4, 0.5) is 4.79 Å². The van der Waals surface area contributed by atoms with Crippen LogP contribution in [0.2, 0.25) is 5.02 Å². The summed E-state index contributed by atoms with van der Waals surface area (Å²) in [4.78, 5) is 15.1. The Labute approximate surface area is 103 Å². The SMILES string of the molecule is CNC(=O)O/N=C(/N)[C@@H](O)c1ccc(Cl)cc1. The van der Waals surface area contributed by atoms with E-state index in [2.05, 4.69) is 15.3 Å². The van der Waals surface area contributed by atoms with Crippen LogP contribution in [-0.4, -0.2) is 24.1 Å². The van der Waals surface area contributed by atoms with E-state index in [4.69, 9.17) is 17.3 Å². The van der Waals surface area contributed by atoms with E-state index in [0.29, 0.717) is 10.6 Å². The molecule has 0 aliphatic carbocycles. The highest BCUT2D eigenvalue weighted by Crippen LogP contribution is 2.16. The van der Waals surface area contributed by atoms with Crippen LogP contribution in [0.15, 0.2) is 29.4 Å². The van der Waals surface area contributed by atoms with Crippen molar-refractivity contribution >= 4 is 23.5 Å². The van der Waals surface area contributed by atoms with Crippen LogP contribution in [-0.2, 0) is 4.84 Å². The van der Waals surface area contributed by atoms with Gasteiger partial charge in [0.25, 0.3) is 0 Å². The van der Waals surface area contributed by atoms with Gasteiger partial charge in [0.2, 0.25) is 0 Å². The van der Waals surface area contributed by atoms with Gasteiger partial charge in [0.1, 0.15) is 6.10 Å². The molecule has 0 saturated carbocycles. The zero-order chi connectivity index (χ0) is 12.8. The second-order valence-corrected chi connectivity index (χ2v) is 3.54. The number of oxime groups is 1. The van der Waals surface area contributed by atoms with E-state index < -0.39 is 12.2 Å². The van der Waals surface area contributed by atoms with Crippen molar-refractivity contribution in [2.75, 3.05) is 7.05 Å². The lowest BCUT2D eigenvalue weighted by atomic mass is 10.1. The van der Waals surface area contributed by atoms with Gasteiger partial charge in [-0.25, -0.2) is 4.79 Å². The lowest BCUT2D eigenvalue weighted by molar-refractivity contribution is 0.149. The van der Waals surface area contributed by atoms with E-state index in [9.17, 15) is 9.90 Å². The van der Waals surface area contributed by atoms with Gasteiger partial charge in [-0.05, 0) is 17.7 Å². The summed E-state index contributed by atoms with van der Waals surface area (Å²) in [5.74, 6) is -0.226. The number of amidine groups is 1. The van der Waals surface area contributed by atoms with Gasteiger partial charge in [0, 0.05) is 12.1 Å². The summed E-state index contributed by atoms with van der Waals surface area (Å²) >= 11 is 5.70. The van der Waals surface area contributed by atoms with Gasteiger partial charge in [-0.3, -0.25) is 4.84 Å². The summed E-state index contributed by atoms with van der Waals surface area (Å²) in [5, 5.41) is 15.8. The van der Waals surface area contributed by atoms with Gasteiger partial charge < -0.3 is 16.2 Å². The number of carbonyl (C=O) groups excluding carboxylic acids is 1. The summed E-state index contributed by atoms with van der Waals surface area (Å²) in [6.45, 7) is 0. The smallest absolute Gasteiger partial charge is 0.382 e. The molecule has 1 atom stereocenters. The molecule has 0 spiro atoms. The molecule has 1 amide bonds. The zero-order valence-electron chi connectivity index (χ0n) is 9.05. The van der Waals surface area contributed by atoms with Crippen LogP contribution >= 0.6 is 11.6 Å². The molecule has 0 aliphatic rings. The molecule has 6 nitrogen and oxygen atoms in total. The predicted molar refractivity (Wildman–Crippen MR) is 63.6 cm³/mol. The molecule has 4 N–H and O–H groups in total. The molecule has 1 aromatic rings. The lowest BCUT2D eigenvalue weighted by Crippen LogP contribution is -2.24. The second kappa shape index (κ2) is 6.07. The first-order valence-electron chi connectivity index (χ1n) is 4.70. The lowest BCUT2D eigenvalue weighted by Gasteiger charge is -2.09. The largest absolute Gasteiger partial charge is 0.433 e. The third-order valence-corrected chi connectivity index (χ3v) is 2.16. The van der Waals surface area contributed by atoms with Gasteiger partial charge >= 0.3 is 6.09 Å². The van der Waals surface area contributed by atoms with E-state index in [1.54, 1.807) is 24.3 Å². The van der Waals surface area contributed by atoms with Crippen molar-refractivity contribution in [3.8, 4) is 0 Å². The molecule has 0 unspecified atom stereocenters. The molecule has 0 bridgehead atoms. The Kier molecular flexibility index (Phi) is 4.74. The van der Waals surface area contributed by atoms with Crippen LogP contribution in [0.25, 0.3) is 0 Å². The highest BCUT2D eigenvalue weighted by Gasteiger charge is 2.13. The number of nitrogens with one attached hydrogen (secondary N) is 1. The van der Waals surface area contributed by atoms with Gasteiger partial charge in [0.15, 0.2) is 5.84 Å². The molecular weight excluding hydrogens is 246 g/mol. The summed E-state index contributed by atoms with van der Waals surface area (Å²) in [5.41, 5.74) is 5.95. The average molecular weight is 258 g/mol. The molecule has 7 heteroatoms. The van der Waals surface area contributed by atoms with E-state index >= 15 is 0 Å². The van der Waals surface area contributed by atoms with Crippen molar-refractivity contribution in [3.63, 3.8) is 0 Å². The Morgan fingerprint density at radius 3 is 2.65 bits per heavy atom. The molecular formula is C10H12ClN3O3. The first-order valence-corrected chi connectivity index (χ1v) is 5.08. The quantitative estimate of drug-likeness (QED) is 0.326. The maximum absolute atomic E-state index is 10.7. The molecule has 92 valence electrons. The van der Waals surface area contributed by atoms with E-state index in [0.717, 1.165) is 0 Å². The number of hydrogen-bond acceptors (Lipinski definition) is 4. The molecule has 0 fully saturated rings. The standard InChI is InChI=1S/C10H12ClN3O3/c1-13-10(16)17-14-9(12)8(15)6-2-4-7(11)5-3-6/h2-5,8,15H,1H3,(H2,12,14)(H,13,16)/t8-/m0/s1. The Bertz CT molecular complexity index is 419. The molecule has 0 heterocycles. The van der Waals surface area contributed by atoms with Crippen molar-refractivity contribution in [1.29, 1.82) is 0 Å². The normalized spacial score (nSPS) is 13.0. The van der Waals surface area contributed by atoms with Crippen LogP contribution in [0.3, 0.4) is 0 Å². The maximum atomic E-state index is 10.7. The minimum absolute atomic E-state index is 0.226. The highest BCUT2D eigenvalue weighted by molar-refractivity contribution is 6.30. The Balaban J connectivity index is 2.72. The van der Waals surface area contributed by atoms with Crippen molar-refractivity contribution in [2.45, 2.75) is 6.10 Å². The molecule has 1 rings (SSSR count). The summed E-state index contributed by atoms with van der Waals surface area (Å²) < 4.78 is 0. The minimum atomic E-state index is -1.16. The fraction of sp³-hybridized carbons (Fsp3) is 0.200. The van der Waals surface area contributed by atoms with E-state index in [-0.39, 0.29) is 5.84 Å². The third-order valence-electron chi connectivity index (χ3n) is 1.90. The van der Waals surface area contributed by atoms with Crippen LogP contribution in [0.1, 0.15) is 11.7 Å². The first kappa shape index (κ1) is 13.3. The molecule has 0 aliphatic heterocycles. The molecule has 1 aromatic carbocycles. The van der Waals surface area contributed by atoms with Crippen LogP contribution in [0.5, 0.6) is 0 Å². The number of benzene rings is 1. The van der Waals surface area contributed by atoms with Crippen molar-refractivity contribution in [1.82, 2.24) is 5.32 Å². The zero-order valence-corrected chi connectivity index (χ0v) is 9.81. The molecule has 0 aromatic heterocycles. The fourth-order valence-corrected chi connectivity index (χ4v) is 1.13. The van der Waals surface area contributed by atoms with Gasteiger partial charge in [-0.1, -0.05) is 28.9 Å². The summed E-state index contributed by atoms with van der Waals surface area (Å²) in [6, 6.07) is 6.39. The minimum Gasteiger partial charge on any atom is -0.382 e. The van der Waals surface area contributed by atoms with Gasteiger partial charge in [0.05, 0.1) is 0 Å². The van der Waals surface area contributed by atoms with E-state index in [1.165, 1.54) is 7.05 Å². The van der Waals surface area contributed by atoms with E-state index in [1.807, 2.05) is 0 Å². The number of halogens is 1. The Hall–Kier alpha value is -1.79. The maximum Gasteiger partial charge on any atom is 0.433 e. The Morgan fingerprint density at radius 1 is 1.53 bits per heavy atom. The molecule has 0 radical (unpaired) electrons. The number of aliphatic hydroxyl groups is 1. The first-order chi connectivity index (χ1) is 8.04. The van der Waals surface area contributed by atoms with Crippen molar-refractivity contribution in [2.24, 2.45) is 10.9 Å². The number of nitrogens with two attached hydrogens (primary N) is 1. The monoisotopic (exact) mass is 257 g/mol. The fourth-order valence-electron chi connectivity index (χ4n) is 1.01. The number of amides is 1. The van der Waals surface area contributed by atoms with Gasteiger partial charge in [-0.2, -0.15) is 0 Å². The Morgan fingerprint density at radius 2 is 2.12 bits per heavy atom. The number of rotatable bonds is 3. The molecule has 17 heavy (non-hydrogen) atoms. The van der Waals surface area contributed by atoms with Crippen LogP contribution in [0, 0.1) is 0 Å².